The molecule has 1 aromatic heterocycles. The first-order chi connectivity index (χ1) is 9.00. The van der Waals surface area contributed by atoms with E-state index in [-0.39, 0.29) is 16.8 Å². The maximum absolute atomic E-state index is 13.1. The Hall–Kier alpha value is -1.20. The van der Waals surface area contributed by atoms with Crippen molar-refractivity contribution in [3.63, 3.8) is 0 Å². The van der Waals surface area contributed by atoms with Gasteiger partial charge in [0.25, 0.3) is 5.91 Å². The molecular weight excluding hydrogens is 271 g/mol. The molecule has 1 amide bonds. The third-order valence-electron chi connectivity index (χ3n) is 3.55. The van der Waals surface area contributed by atoms with Crippen molar-refractivity contribution in [3.05, 3.63) is 28.8 Å². The van der Waals surface area contributed by atoms with Crippen LogP contribution in [0.5, 0.6) is 0 Å². The van der Waals surface area contributed by atoms with Crippen LogP contribution in [0.25, 0.3) is 0 Å². The number of hydrogen-bond acceptors (Lipinski definition) is 3. The zero-order valence-electron chi connectivity index (χ0n) is 10.6. The molecule has 6 heteroatoms. The minimum atomic E-state index is -0.606. The maximum atomic E-state index is 13.1. The van der Waals surface area contributed by atoms with E-state index in [4.69, 9.17) is 11.6 Å². The molecule has 2 atom stereocenters. The van der Waals surface area contributed by atoms with Gasteiger partial charge in [0.15, 0.2) is 0 Å². The van der Waals surface area contributed by atoms with Gasteiger partial charge in [-0.25, -0.2) is 9.37 Å². The summed E-state index contributed by atoms with van der Waals surface area (Å²) in [6.45, 7) is 0. The highest BCUT2D eigenvalue weighted by Gasteiger charge is 2.30. The lowest BCUT2D eigenvalue weighted by Gasteiger charge is -2.35. The second-order valence-corrected chi connectivity index (χ2v) is 5.19. The van der Waals surface area contributed by atoms with Gasteiger partial charge < -0.3 is 10.0 Å². The largest absolute Gasteiger partial charge is 0.391 e. The fraction of sp³-hybridized carbons (Fsp3) is 0.538. The monoisotopic (exact) mass is 286 g/mol. The molecule has 2 unspecified atom stereocenters. The summed E-state index contributed by atoms with van der Waals surface area (Å²) in [6.07, 6.45) is 3.77. The average molecular weight is 287 g/mol. The molecule has 0 spiro atoms. The lowest BCUT2D eigenvalue weighted by atomic mass is 9.91. The van der Waals surface area contributed by atoms with Crippen LogP contribution in [-0.2, 0) is 0 Å². The molecule has 1 aromatic rings. The Bertz CT molecular complexity index is 484. The quantitative estimate of drug-likeness (QED) is 0.849. The first-order valence-electron chi connectivity index (χ1n) is 6.27. The third kappa shape index (κ3) is 3.04. The second-order valence-electron chi connectivity index (χ2n) is 4.83. The molecule has 1 aliphatic rings. The van der Waals surface area contributed by atoms with Crippen molar-refractivity contribution in [2.24, 2.45) is 0 Å². The van der Waals surface area contributed by atoms with Gasteiger partial charge in [-0.15, -0.1) is 0 Å². The summed E-state index contributed by atoms with van der Waals surface area (Å²) < 4.78 is 13.1. The van der Waals surface area contributed by atoms with Gasteiger partial charge in [-0.1, -0.05) is 24.4 Å². The molecule has 0 saturated heterocycles. The highest BCUT2D eigenvalue weighted by Crippen LogP contribution is 2.25. The van der Waals surface area contributed by atoms with Crippen molar-refractivity contribution in [3.8, 4) is 0 Å². The highest BCUT2D eigenvalue weighted by atomic mass is 35.5. The van der Waals surface area contributed by atoms with E-state index in [1.54, 1.807) is 7.05 Å². The molecule has 0 aromatic carbocycles. The van der Waals surface area contributed by atoms with E-state index in [0.717, 1.165) is 31.5 Å². The molecule has 104 valence electrons. The van der Waals surface area contributed by atoms with Crippen molar-refractivity contribution in [1.29, 1.82) is 0 Å². The molecule has 1 aliphatic carbocycles. The van der Waals surface area contributed by atoms with Gasteiger partial charge in [-0.2, -0.15) is 0 Å². The lowest BCUT2D eigenvalue weighted by molar-refractivity contribution is 0.0267. The minimum absolute atomic E-state index is 0.0245. The SMILES string of the molecule is CN(C(=O)c1cc(F)cnc1Cl)C1CCCCC1O. The van der Waals surface area contributed by atoms with Crippen LogP contribution in [0.15, 0.2) is 12.3 Å². The van der Waals surface area contributed by atoms with E-state index in [2.05, 4.69) is 4.98 Å². The number of carbonyl (C=O) groups excluding carboxylic acids is 1. The number of hydrogen-bond donors (Lipinski definition) is 1. The Kier molecular flexibility index (Phi) is 4.37. The van der Waals surface area contributed by atoms with Crippen molar-refractivity contribution in [2.75, 3.05) is 7.05 Å². The molecular formula is C13H16ClFN2O2. The molecule has 1 N–H and O–H groups in total. The number of amides is 1. The second kappa shape index (κ2) is 5.84. The lowest BCUT2D eigenvalue weighted by Crippen LogP contribution is -2.46. The van der Waals surface area contributed by atoms with Crippen LogP contribution in [0.4, 0.5) is 4.39 Å². The van der Waals surface area contributed by atoms with Crippen LogP contribution in [0.2, 0.25) is 5.15 Å². The molecule has 4 nitrogen and oxygen atoms in total. The first kappa shape index (κ1) is 14.2. The van der Waals surface area contributed by atoms with E-state index in [0.29, 0.717) is 6.42 Å². The highest BCUT2D eigenvalue weighted by molar-refractivity contribution is 6.32. The van der Waals surface area contributed by atoms with Gasteiger partial charge in [-0.3, -0.25) is 4.79 Å². The van der Waals surface area contributed by atoms with E-state index >= 15 is 0 Å². The number of aliphatic hydroxyl groups is 1. The van der Waals surface area contributed by atoms with Crippen LogP contribution in [0.3, 0.4) is 0 Å². The van der Waals surface area contributed by atoms with Gasteiger partial charge >= 0.3 is 0 Å². The van der Waals surface area contributed by atoms with E-state index in [9.17, 15) is 14.3 Å². The van der Waals surface area contributed by atoms with Crippen LogP contribution in [0.1, 0.15) is 36.0 Å². The van der Waals surface area contributed by atoms with E-state index in [1.165, 1.54) is 4.90 Å². The number of aliphatic hydroxyl groups excluding tert-OH is 1. The average Bonchev–Trinajstić information content (AvgIpc) is 2.40. The van der Waals surface area contributed by atoms with Crippen molar-refractivity contribution < 1.29 is 14.3 Å². The fourth-order valence-corrected chi connectivity index (χ4v) is 2.64. The Balaban J connectivity index is 2.20. The summed E-state index contributed by atoms with van der Waals surface area (Å²) in [6, 6.07) is 0.823. The Morgan fingerprint density at radius 2 is 2.21 bits per heavy atom. The van der Waals surface area contributed by atoms with Gasteiger partial charge in [0.05, 0.1) is 23.9 Å². The Morgan fingerprint density at radius 1 is 1.53 bits per heavy atom. The number of halogens is 2. The number of rotatable bonds is 2. The van der Waals surface area contributed by atoms with Crippen molar-refractivity contribution in [2.45, 2.75) is 37.8 Å². The third-order valence-corrected chi connectivity index (χ3v) is 3.85. The Labute approximate surface area is 116 Å². The smallest absolute Gasteiger partial charge is 0.257 e. The summed E-state index contributed by atoms with van der Waals surface area (Å²) in [4.78, 5) is 17.3. The standard InChI is InChI=1S/C13H16ClFN2O2/c1-17(10-4-2-3-5-11(10)18)13(19)9-6-8(15)7-16-12(9)14/h6-7,10-11,18H,2-5H2,1H3. The number of carbonyl (C=O) groups is 1. The molecule has 0 aliphatic heterocycles. The van der Waals surface area contributed by atoms with Crippen LogP contribution >= 0.6 is 11.6 Å². The van der Waals surface area contributed by atoms with E-state index < -0.39 is 17.8 Å². The number of aromatic nitrogens is 1. The summed E-state index contributed by atoms with van der Waals surface area (Å²) in [5.41, 5.74) is 0.0296. The fourth-order valence-electron chi connectivity index (χ4n) is 2.46. The molecule has 1 fully saturated rings. The van der Waals surface area contributed by atoms with Crippen LogP contribution < -0.4 is 0 Å². The number of likely N-dealkylation sites (N-methyl/N-ethyl adjacent to an activating group) is 1. The molecule has 2 rings (SSSR count). The van der Waals surface area contributed by atoms with Gasteiger partial charge in [0.1, 0.15) is 11.0 Å². The summed E-state index contributed by atoms with van der Waals surface area (Å²) >= 11 is 5.82. The molecule has 1 saturated carbocycles. The number of pyridine rings is 1. The van der Waals surface area contributed by atoms with Gasteiger partial charge in [0.2, 0.25) is 0 Å². The predicted octanol–water partition coefficient (Wildman–Crippen LogP) is 2.25. The molecule has 1 heterocycles. The Morgan fingerprint density at radius 3 is 2.89 bits per heavy atom. The summed E-state index contributed by atoms with van der Waals surface area (Å²) in [5.74, 6) is -1.02. The molecule has 0 bridgehead atoms. The summed E-state index contributed by atoms with van der Waals surface area (Å²) in [7, 11) is 1.60. The van der Waals surface area contributed by atoms with Crippen LogP contribution in [0, 0.1) is 5.82 Å². The maximum Gasteiger partial charge on any atom is 0.257 e. The van der Waals surface area contributed by atoms with Gasteiger partial charge in [0, 0.05) is 7.05 Å². The molecule has 19 heavy (non-hydrogen) atoms. The van der Waals surface area contributed by atoms with Crippen LogP contribution in [-0.4, -0.2) is 40.1 Å². The van der Waals surface area contributed by atoms with Crippen molar-refractivity contribution in [1.82, 2.24) is 9.88 Å². The first-order valence-corrected chi connectivity index (χ1v) is 6.64. The normalized spacial score (nSPS) is 23.2. The zero-order valence-corrected chi connectivity index (χ0v) is 11.4. The minimum Gasteiger partial charge on any atom is -0.391 e. The zero-order chi connectivity index (χ0) is 14.0. The van der Waals surface area contributed by atoms with Gasteiger partial charge in [-0.05, 0) is 18.9 Å². The summed E-state index contributed by atoms with van der Waals surface area (Å²) in [5, 5.41) is 9.92. The predicted molar refractivity (Wildman–Crippen MR) is 69.6 cm³/mol. The number of nitrogens with zero attached hydrogens (tertiary/aromatic N) is 2. The van der Waals surface area contributed by atoms with Crippen molar-refractivity contribution >= 4 is 17.5 Å². The van der Waals surface area contributed by atoms with E-state index in [1.807, 2.05) is 0 Å². The molecule has 0 radical (unpaired) electrons. The topological polar surface area (TPSA) is 53.4 Å².